The van der Waals surface area contributed by atoms with Crippen molar-refractivity contribution in [3.8, 4) is 0 Å². The summed E-state index contributed by atoms with van der Waals surface area (Å²) >= 11 is 0. The lowest BCUT2D eigenvalue weighted by Crippen LogP contribution is -2.42. The van der Waals surface area contributed by atoms with Gasteiger partial charge in [-0.05, 0) is 33.4 Å². The number of carboxylic acid groups (broad SMARTS) is 1. The van der Waals surface area contributed by atoms with Crippen LogP contribution in [0.5, 0.6) is 0 Å². The number of carbonyl (C=O) groups is 3. The Morgan fingerprint density at radius 3 is 2.00 bits per heavy atom. The molecule has 0 aliphatic rings. The average molecular weight is 294 g/mol. The quantitative estimate of drug-likeness (QED) is 0.350. The van der Waals surface area contributed by atoms with Gasteiger partial charge in [0.25, 0.3) is 5.97 Å². The maximum Gasteiger partial charge on any atom is 0.300 e. The molecule has 0 saturated carbocycles. The minimum atomic E-state index is -0.833. The van der Waals surface area contributed by atoms with Crippen molar-refractivity contribution in [1.82, 2.24) is 15.5 Å². The van der Waals surface area contributed by atoms with E-state index in [4.69, 9.17) is 9.90 Å². The van der Waals surface area contributed by atoms with E-state index in [1.807, 2.05) is 19.0 Å². The van der Waals surface area contributed by atoms with Crippen LogP contribution in [0.4, 0.5) is 0 Å². The summed E-state index contributed by atoms with van der Waals surface area (Å²) in [5.41, 5.74) is 0. The summed E-state index contributed by atoms with van der Waals surface area (Å²) in [4.78, 5) is 33.0. The number of carboxylic acids is 1. The predicted octanol–water partition coefficient (Wildman–Crippen LogP) is 0.0599. The molecule has 7 heteroatoms. The Kier molecular flexibility index (Phi) is 12.8. The first-order chi connectivity index (χ1) is 9.22. The second kappa shape index (κ2) is 12.4. The fraction of sp³-hybridized carbons (Fsp3) is 0.769. The van der Waals surface area contributed by atoms with Gasteiger partial charge in [0.1, 0.15) is 0 Å². The van der Waals surface area contributed by atoms with Gasteiger partial charge in [0.15, 0.2) is 0 Å². The number of hydrogen-bond donors (Lipinski definition) is 3. The minimum absolute atomic E-state index is 0.00420. The van der Waals surface area contributed by atoms with E-state index in [0.29, 0.717) is 6.54 Å². The molecule has 0 aliphatic carbocycles. The van der Waals surface area contributed by atoms with Gasteiger partial charge in [-0.3, -0.25) is 19.3 Å². The molecule has 0 aromatic carbocycles. The number of nitrogens with one attached hydrogen (secondary N) is 2. The highest BCUT2D eigenvalue weighted by Gasteiger charge is 2.18. The fourth-order valence-electron chi connectivity index (χ4n) is 1.52. The first kappa shape index (κ1) is 20.7. The maximum absolute atomic E-state index is 11.5. The van der Waals surface area contributed by atoms with Crippen molar-refractivity contribution in [2.24, 2.45) is 0 Å². The van der Waals surface area contributed by atoms with Crippen molar-refractivity contribution >= 4 is 17.8 Å². The molecule has 3 N–H and O–H groups in total. The predicted molar refractivity (Wildman–Crippen MR) is 77.4 cm³/mol. The van der Waals surface area contributed by atoms with E-state index in [9.17, 15) is 9.59 Å². The molecule has 1 atom stereocenters. The number of carbonyl (C=O) groups excluding carboxylic acids is 2. The summed E-state index contributed by atoms with van der Waals surface area (Å²) in [6.45, 7) is 3.27. The molecule has 118 valence electrons. The molecule has 0 bridgehead atoms. The van der Waals surface area contributed by atoms with Crippen molar-refractivity contribution in [2.45, 2.75) is 39.2 Å². The van der Waals surface area contributed by atoms with Crippen LogP contribution in [0.15, 0.2) is 0 Å². The van der Waals surface area contributed by atoms with Crippen molar-refractivity contribution in [2.75, 3.05) is 27.7 Å². The molecule has 2 amide bonds. The third-order valence-corrected chi connectivity index (χ3v) is 2.45. The maximum atomic E-state index is 11.5. The summed E-state index contributed by atoms with van der Waals surface area (Å²) < 4.78 is 0. The van der Waals surface area contributed by atoms with Gasteiger partial charge in [-0.25, -0.2) is 0 Å². The minimum Gasteiger partial charge on any atom is -0.481 e. The molecule has 7 nitrogen and oxygen atoms in total. The third kappa shape index (κ3) is 14.4. The van der Waals surface area contributed by atoms with E-state index in [1.54, 1.807) is 7.05 Å². The second-order valence-corrected chi connectivity index (χ2v) is 4.59. The lowest BCUT2D eigenvalue weighted by molar-refractivity contribution is -0.134. The molecule has 1 unspecified atom stereocenters. The second-order valence-electron chi connectivity index (χ2n) is 4.59. The highest BCUT2D eigenvalue weighted by molar-refractivity contribution is 5.81. The van der Waals surface area contributed by atoms with E-state index in [2.05, 4.69) is 10.6 Å². The lowest BCUT2D eigenvalue weighted by atomic mass is 10.1. The fourth-order valence-corrected chi connectivity index (χ4v) is 1.52. The molecule has 0 rings (SSSR count). The molecule has 0 saturated heterocycles. The Morgan fingerprint density at radius 2 is 1.65 bits per heavy atom. The Balaban J connectivity index is 0. The Bertz CT molecular complexity index is 302. The zero-order chi connectivity index (χ0) is 16.1. The van der Waals surface area contributed by atoms with Crippen LogP contribution < -0.4 is 10.6 Å². The molecule has 0 spiro atoms. The molecule has 0 aromatic rings. The summed E-state index contributed by atoms with van der Waals surface area (Å²) in [6.07, 6.45) is 2.64. The van der Waals surface area contributed by atoms with Crippen molar-refractivity contribution in [1.29, 1.82) is 0 Å². The van der Waals surface area contributed by atoms with Gasteiger partial charge in [0.2, 0.25) is 11.8 Å². The Morgan fingerprint density at radius 1 is 1.15 bits per heavy atom. The topological polar surface area (TPSA) is 98.7 Å². The summed E-state index contributed by atoms with van der Waals surface area (Å²) in [5, 5.41) is 12.8. The number of hydrogen-bond acceptors (Lipinski definition) is 4. The van der Waals surface area contributed by atoms with Crippen molar-refractivity contribution in [3.63, 3.8) is 0 Å². The van der Waals surface area contributed by atoms with E-state index in [-0.39, 0.29) is 17.9 Å². The standard InChI is InChI=1S/C11H23N3O2.C2H4O2/c1-9(15)13-8-6-5-7-10(14(3)4)11(16)12-2;1-2(3)4/h10H,5-8H2,1-4H3,(H,12,16)(H,13,15);1H3,(H,3,4)/i1+1,2+1,12+1,14+1;1+1. The Labute approximate surface area is 120 Å². The van der Waals surface area contributed by atoms with Crippen LogP contribution in [-0.2, 0) is 14.4 Å². The highest BCUT2D eigenvalue weighted by Crippen LogP contribution is 2.05. The van der Waals surface area contributed by atoms with E-state index in [1.165, 1.54) is 6.92 Å². The summed E-state index contributed by atoms with van der Waals surface area (Å²) in [5.74, 6) is -0.792. The highest BCUT2D eigenvalue weighted by atomic mass is 16.4. The molecule has 0 heterocycles. The van der Waals surface area contributed by atoms with Crippen LogP contribution in [0, 0.1) is 0 Å². The van der Waals surface area contributed by atoms with Gasteiger partial charge in [0.05, 0.1) is 6.04 Å². The number of likely N-dealkylation sites (N-methyl/N-ethyl adjacent to an activating group) is 2. The van der Waals surface area contributed by atoms with E-state index >= 15 is 0 Å². The smallest absolute Gasteiger partial charge is 0.300 e. The van der Waals surface area contributed by atoms with Gasteiger partial charge < -0.3 is 15.7 Å². The van der Waals surface area contributed by atoms with Gasteiger partial charge in [0, 0.05) is 27.4 Å². The van der Waals surface area contributed by atoms with Crippen LogP contribution in [0.1, 0.15) is 33.1 Å². The molecule has 20 heavy (non-hydrogen) atoms. The Hall–Kier alpha value is -1.63. The van der Waals surface area contributed by atoms with Gasteiger partial charge in [-0.15, -0.1) is 0 Å². The normalized spacial score (nSPS) is 11.1. The van der Waals surface area contributed by atoms with Crippen molar-refractivity contribution < 1.29 is 19.5 Å². The number of rotatable bonds is 7. The monoisotopic (exact) mass is 294 g/mol. The zero-order valence-corrected chi connectivity index (χ0v) is 13.0. The molecule has 0 aromatic heterocycles. The van der Waals surface area contributed by atoms with Gasteiger partial charge in [-0.2, -0.15) is 0 Å². The average Bonchev–Trinajstić information content (AvgIpc) is 2.31. The summed E-state index contributed by atoms with van der Waals surface area (Å²) in [7, 11) is 5.44. The van der Waals surface area contributed by atoms with Crippen LogP contribution in [0.25, 0.3) is 0 Å². The van der Waals surface area contributed by atoms with Crippen LogP contribution in [0.3, 0.4) is 0 Å². The largest absolute Gasteiger partial charge is 0.481 e. The molecule has 0 aliphatic heterocycles. The van der Waals surface area contributed by atoms with E-state index < -0.39 is 5.97 Å². The number of aliphatic carboxylic acids is 1. The number of amides is 2. The van der Waals surface area contributed by atoms with Crippen LogP contribution in [0.2, 0.25) is 0 Å². The number of unbranched alkanes of at least 4 members (excludes halogenated alkanes) is 1. The SMILES string of the molecule is C[15N](C)C(CCCCNC([13CH3])=O)C(=O)[15NH][13CH3].[13CH3]C(=O)O. The third-order valence-electron chi connectivity index (χ3n) is 2.45. The van der Waals surface area contributed by atoms with Crippen LogP contribution in [-0.4, -0.2) is 61.5 Å². The van der Waals surface area contributed by atoms with Crippen molar-refractivity contribution in [3.05, 3.63) is 0 Å². The first-order valence-electron chi connectivity index (χ1n) is 6.54. The summed E-state index contributed by atoms with van der Waals surface area (Å²) in [6, 6.07) is -0.0812. The zero-order valence-electron chi connectivity index (χ0n) is 13.0. The molecular formula is C13H27N3O4. The van der Waals surface area contributed by atoms with E-state index in [0.717, 1.165) is 26.2 Å². The van der Waals surface area contributed by atoms with Crippen LogP contribution >= 0.6 is 0 Å². The number of nitrogens with zero attached hydrogens (tertiary/aromatic N) is 1. The molecule has 0 radical (unpaired) electrons. The lowest BCUT2D eigenvalue weighted by Gasteiger charge is -2.22. The first-order valence-corrected chi connectivity index (χ1v) is 6.54. The molecular weight excluding hydrogens is 267 g/mol. The van der Waals surface area contributed by atoms with Gasteiger partial charge >= 0.3 is 0 Å². The van der Waals surface area contributed by atoms with Gasteiger partial charge in [-0.1, -0.05) is 0 Å². The molecule has 0 fully saturated rings.